The van der Waals surface area contributed by atoms with Gasteiger partial charge in [0, 0.05) is 43.2 Å². The summed E-state index contributed by atoms with van der Waals surface area (Å²) in [6.07, 6.45) is 12.0. The summed E-state index contributed by atoms with van der Waals surface area (Å²) in [5, 5.41) is 5.75. The first kappa shape index (κ1) is 19.2. The van der Waals surface area contributed by atoms with Crippen molar-refractivity contribution < 1.29 is 9.59 Å². The molecule has 1 heterocycles. The van der Waals surface area contributed by atoms with Gasteiger partial charge in [0.25, 0.3) is 5.91 Å². The van der Waals surface area contributed by atoms with E-state index < -0.39 is 0 Å². The maximum absolute atomic E-state index is 12.2. The first-order valence-electron chi connectivity index (χ1n) is 10.0. The number of carbonyl (C=O) groups is 2. The van der Waals surface area contributed by atoms with Crippen LogP contribution >= 0.6 is 0 Å². The number of nitrogens with one attached hydrogen (secondary N) is 2. The molecule has 1 aliphatic carbocycles. The van der Waals surface area contributed by atoms with Gasteiger partial charge in [0.05, 0.1) is 0 Å². The van der Waals surface area contributed by atoms with Gasteiger partial charge in [-0.2, -0.15) is 0 Å². The van der Waals surface area contributed by atoms with Crippen LogP contribution in [0.5, 0.6) is 0 Å². The van der Waals surface area contributed by atoms with Crippen molar-refractivity contribution in [2.45, 2.75) is 44.9 Å². The molecule has 5 heteroatoms. The lowest BCUT2D eigenvalue weighted by atomic mass is 9.86. The largest absolute Gasteiger partial charge is 0.354 e. The molecular weight excluding hydrogens is 338 g/mol. The van der Waals surface area contributed by atoms with Crippen LogP contribution in [0.1, 0.15) is 55.3 Å². The first-order chi connectivity index (χ1) is 13.2. The lowest BCUT2D eigenvalue weighted by Crippen LogP contribution is -2.34. The Labute approximate surface area is 161 Å². The van der Waals surface area contributed by atoms with E-state index in [4.69, 9.17) is 0 Å². The van der Waals surface area contributed by atoms with Crippen LogP contribution in [0.3, 0.4) is 0 Å². The molecule has 2 N–H and O–H groups in total. The van der Waals surface area contributed by atoms with Crippen molar-refractivity contribution in [1.82, 2.24) is 15.2 Å². The van der Waals surface area contributed by atoms with Gasteiger partial charge in [0.1, 0.15) is 0 Å². The molecule has 0 atom stereocenters. The van der Waals surface area contributed by atoms with Crippen LogP contribution < -0.4 is 10.6 Å². The molecule has 3 rings (SSSR count). The third-order valence-corrected chi connectivity index (χ3v) is 5.27. The average Bonchev–Trinajstić information content (AvgIpc) is 3.25. The van der Waals surface area contributed by atoms with E-state index in [0.29, 0.717) is 25.1 Å². The molecule has 1 aromatic heterocycles. The van der Waals surface area contributed by atoms with Crippen LogP contribution in [0, 0.1) is 5.92 Å². The van der Waals surface area contributed by atoms with Crippen LogP contribution in [0.25, 0.3) is 5.69 Å². The molecular formula is C22H29N3O2. The predicted octanol–water partition coefficient (Wildman–Crippen LogP) is 3.68. The minimum atomic E-state index is -0.120. The smallest absolute Gasteiger partial charge is 0.251 e. The van der Waals surface area contributed by atoms with Gasteiger partial charge in [-0.15, -0.1) is 0 Å². The SMILES string of the molecule is O=C(CCC1CCCCC1)NCCNC(=O)c1ccc(-n2cccc2)cc1. The molecule has 1 fully saturated rings. The second-order valence-electron chi connectivity index (χ2n) is 7.29. The zero-order valence-electron chi connectivity index (χ0n) is 15.8. The highest BCUT2D eigenvalue weighted by Gasteiger charge is 2.14. The van der Waals surface area contributed by atoms with Crippen LogP contribution in [0.2, 0.25) is 0 Å². The molecule has 1 aliphatic rings. The standard InChI is InChI=1S/C22H29N3O2/c26-21(13-8-18-6-2-1-3-7-18)23-14-15-24-22(27)19-9-11-20(12-10-19)25-16-4-5-17-25/h4-5,9-12,16-18H,1-3,6-8,13-15H2,(H,23,26)(H,24,27). The van der Waals surface area contributed by atoms with E-state index in [-0.39, 0.29) is 11.8 Å². The molecule has 0 aliphatic heterocycles. The van der Waals surface area contributed by atoms with Gasteiger partial charge in [-0.05, 0) is 48.7 Å². The second kappa shape index (κ2) is 9.95. The Morgan fingerprint density at radius 1 is 0.926 bits per heavy atom. The van der Waals surface area contributed by atoms with E-state index in [9.17, 15) is 9.59 Å². The Morgan fingerprint density at radius 2 is 1.59 bits per heavy atom. The maximum atomic E-state index is 12.2. The summed E-state index contributed by atoms with van der Waals surface area (Å²) in [7, 11) is 0. The van der Waals surface area contributed by atoms with Crippen LogP contribution in [0.4, 0.5) is 0 Å². The topological polar surface area (TPSA) is 63.1 Å². The minimum Gasteiger partial charge on any atom is -0.354 e. The van der Waals surface area contributed by atoms with Gasteiger partial charge >= 0.3 is 0 Å². The molecule has 1 saturated carbocycles. The number of hydrogen-bond donors (Lipinski definition) is 2. The van der Waals surface area contributed by atoms with Crippen molar-refractivity contribution in [2.75, 3.05) is 13.1 Å². The lowest BCUT2D eigenvalue weighted by molar-refractivity contribution is -0.121. The average molecular weight is 367 g/mol. The molecule has 1 aromatic carbocycles. The zero-order chi connectivity index (χ0) is 18.9. The Hall–Kier alpha value is -2.56. The number of nitrogens with zero attached hydrogens (tertiary/aromatic N) is 1. The number of aromatic nitrogens is 1. The molecule has 0 unspecified atom stereocenters. The fourth-order valence-electron chi connectivity index (χ4n) is 3.67. The van der Waals surface area contributed by atoms with Crippen LogP contribution in [-0.4, -0.2) is 29.5 Å². The fourth-order valence-corrected chi connectivity index (χ4v) is 3.67. The summed E-state index contributed by atoms with van der Waals surface area (Å²) in [6, 6.07) is 11.4. The Morgan fingerprint density at radius 3 is 2.30 bits per heavy atom. The fraction of sp³-hybridized carbons (Fsp3) is 0.455. The highest BCUT2D eigenvalue weighted by atomic mass is 16.2. The molecule has 2 amide bonds. The van der Waals surface area contributed by atoms with Crippen molar-refractivity contribution >= 4 is 11.8 Å². The Bertz CT molecular complexity index is 717. The maximum Gasteiger partial charge on any atom is 0.251 e. The van der Waals surface area contributed by atoms with Gasteiger partial charge in [-0.25, -0.2) is 0 Å². The molecule has 0 bridgehead atoms. The van der Waals surface area contributed by atoms with Gasteiger partial charge in [0.2, 0.25) is 5.91 Å². The van der Waals surface area contributed by atoms with Gasteiger partial charge in [-0.3, -0.25) is 9.59 Å². The number of hydrogen-bond acceptors (Lipinski definition) is 2. The van der Waals surface area contributed by atoms with Crippen molar-refractivity contribution in [3.8, 4) is 5.69 Å². The predicted molar refractivity (Wildman–Crippen MR) is 107 cm³/mol. The van der Waals surface area contributed by atoms with E-state index in [2.05, 4.69) is 10.6 Å². The summed E-state index contributed by atoms with van der Waals surface area (Å²) in [6.45, 7) is 0.907. The van der Waals surface area contributed by atoms with Gasteiger partial charge in [-0.1, -0.05) is 32.1 Å². The quantitative estimate of drug-likeness (QED) is 0.699. The number of amides is 2. The van der Waals surface area contributed by atoms with Crippen LogP contribution in [-0.2, 0) is 4.79 Å². The molecule has 0 saturated heterocycles. The second-order valence-corrected chi connectivity index (χ2v) is 7.29. The normalized spacial score (nSPS) is 14.7. The van der Waals surface area contributed by atoms with E-state index >= 15 is 0 Å². The summed E-state index contributed by atoms with van der Waals surface area (Å²) >= 11 is 0. The summed E-state index contributed by atoms with van der Waals surface area (Å²) in [4.78, 5) is 24.1. The molecule has 2 aromatic rings. The molecule has 0 radical (unpaired) electrons. The monoisotopic (exact) mass is 367 g/mol. The summed E-state index contributed by atoms with van der Waals surface area (Å²) in [5.41, 5.74) is 1.64. The molecule has 144 valence electrons. The number of carbonyl (C=O) groups excluding carboxylic acids is 2. The molecule has 27 heavy (non-hydrogen) atoms. The van der Waals surface area contributed by atoms with E-state index in [1.165, 1.54) is 32.1 Å². The molecule has 0 spiro atoms. The first-order valence-corrected chi connectivity index (χ1v) is 10.0. The molecule has 5 nitrogen and oxygen atoms in total. The zero-order valence-corrected chi connectivity index (χ0v) is 15.8. The third kappa shape index (κ3) is 5.98. The van der Waals surface area contributed by atoms with Crippen molar-refractivity contribution in [3.05, 3.63) is 54.4 Å². The summed E-state index contributed by atoms with van der Waals surface area (Å²) < 4.78 is 1.99. The van der Waals surface area contributed by atoms with Crippen molar-refractivity contribution in [3.63, 3.8) is 0 Å². The Kier molecular flexibility index (Phi) is 7.08. The number of rotatable bonds is 8. The number of benzene rings is 1. The summed E-state index contributed by atoms with van der Waals surface area (Å²) in [5.74, 6) is 0.690. The van der Waals surface area contributed by atoms with Crippen LogP contribution in [0.15, 0.2) is 48.8 Å². The highest BCUT2D eigenvalue weighted by molar-refractivity contribution is 5.94. The van der Waals surface area contributed by atoms with Gasteiger partial charge < -0.3 is 15.2 Å². The van der Waals surface area contributed by atoms with E-state index in [1.54, 1.807) is 0 Å². The van der Waals surface area contributed by atoms with Crippen molar-refractivity contribution in [1.29, 1.82) is 0 Å². The van der Waals surface area contributed by atoms with E-state index in [1.807, 2.05) is 53.4 Å². The lowest BCUT2D eigenvalue weighted by Gasteiger charge is -2.20. The van der Waals surface area contributed by atoms with Crippen molar-refractivity contribution in [2.24, 2.45) is 5.92 Å². The van der Waals surface area contributed by atoms with Gasteiger partial charge in [0.15, 0.2) is 0 Å². The third-order valence-electron chi connectivity index (χ3n) is 5.27. The highest BCUT2D eigenvalue weighted by Crippen LogP contribution is 2.27. The Balaban J connectivity index is 1.32. The van der Waals surface area contributed by atoms with E-state index in [0.717, 1.165) is 18.0 Å². The minimum absolute atomic E-state index is 0.0888.